The van der Waals surface area contributed by atoms with E-state index in [0.717, 1.165) is 19.4 Å². The Balaban J connectivity index is 1.95. The van der Waals surface area contributed by atoms with Crippen molar-refractivity contribution in [1.29, 1.82) is 0 Å². The monoisotopic (exact) mass is 257 g/mol. The number of nitrogens with zero attached hydrogens (tertiary/aromatic N) is 1. The largest absolute Gasteiger partial charge is 0.467 e. The van der Waals surface area contributed by atoms with E-state index in [1.165, 1.54) is 23.9 Å². The number of allylic oxidation sites excluding steroid dienone is 1. The van der Waals surface area contributed by atoms with Crippen LogP contribution in [0.25, 0.3) is 5.70 Å². The molecule has 1 aliphatic heterocycles. The zero-order valence-corrected chi connectivity index (χ0v) is 11.4. The molecule has 0 saturated carbocycles. The summed E-state index contributed by atoms with van der Waals surface area (Å²) in [5.41, 5.74) is 3.83. The smallest absolute Gasteiger partial charge is 0.328 e. The van der Waals surface area contributed by atoms with Crippen LogP contribution in [0.15, 0.2) is 30.3 Å². The first kappa shape index (κ1) is 12.3. The topological polar surface area (TPSA) is 29.5 Å². The van der Waals surface area contributed by atoms with E-state index in [1.54, 1.807) is 0 Å². The van der Waals surface area contributed by atoms with Crippen LogP contribution in [0, 0.1) is 0 Å². The second-order valence-electron chi connectivity index (χ2n) is 5.30. The van der Waals surface area contributed by atoms with E-state index < -0.39 is 0 Å². The maximum absolute atomic E-state index is 11.9. The Bertz CT molecular complexity index is 535. The zero-order chi connectivity index (χ0) is 13.4. The molecule has 1 aromatic rings. The van der Waals surface area contributed by atoms with Crippen LogP contribution < -0.4 is 0 Å². The molecule has 1 heterocycles. The number of carbonyl (C=O) groups is 1. The fourth-order valence-corrected chi connectivity index (χ4v) is 3.23. The van der Waals surface area contributed by atoms with Crippen molar-refractivity contribution in [1.82, 2.24) is 4.90 Å². The maximum atomic E-state index is 11.9. The van der Waals surface area contributed by atoms with Gasteiger partial charge in [-0.15, -0.1) is 0 Å². The van der Waals surface area contributed by atoms with Gasteiger partial charge in [-0.2, -0.15) is 0 Å². The summed E-state index contributed by atoms with van der Waals surface area (Å²) < 4.78 is 4.93. The molecule has 1 aromatic carbocycles. The maximum Gasteiger partial charge on any atom is 0.328 e. The highest BCUT2D eigenvalue weighted by atomic mass is 16.5. The number of rotatable bonds is 2. The Morgan fingerprint density at radius 2 is 2.16 bits per heavy atom. The quantitative estimate of drug-likeness (QED) is 0.763. The van der Waals surface area contributed by atoms with Crippen LogP contribution in [-0.4, -0.2) is 30.6 Å². The lowest BCUT2D eigenvalue weighted by Crippen LogP contribution is -2.35. The van der Waals surface area contributed by atoms with Gasteiger partial charge in [0.15, 0.2) is 0 Å². The Morgan fingerprint density at radius 3 is 2.95 bits per heavy atom. The number of carbonyl (C=O) groups excluding carboxylic acids is 1. The minimum atomic E-state index is -0.116. The fraction of sp³-hybridized carbons (Fsp3) is 0.438. The summed E-state index contributed by atoms with van der Waals surface area (Å²) in [4.78, 5) is 14.1. The highest BCUT2D eigenvalue weighted by Gasteiger charge is 2.35. The number of likely N-dealkylation sites (tertiary alicyclic amines) is 1. The van der Waals surface area contributed by atoms with Crippen molar-refractivity contribution in [2.45, 2.75) is 31.7 Å². The lowest BCUT2D eigenvalue weighted by Gasteiger charge is -2.26. The van der Waals surface area contributed by atoms with E-state index in [2.05, 4.69) is 42.2 Å². The van der Waals surface area contributed by atoms with Crippen molar-refractivity contribution in [3.8, 4) is 0 Å². The van der Waals surface area contributed by atoms with Crippen LogP contribution in [0.1, 0.15) is 36.8 Å². The molecule has 1 fully saturated rings. The lowest BCUT2D eigenvalue weighted by molar-refractivity contribution is -0.144. The van der Waals surface area contributed by atoms with Crippen LogP contribution >= 0.6 is 0 Å². The van der Waals surface area contributed by atoms with Gasteiger partial charge >= 0.3 is 5.97 Å². The Morgan fingerprint density at radius 1 is 1.37 bits per heavy atom. The van der Waals surface area contributed by atoms with E-state index in [9.17, 15) is 4.79 Å². The number of esters is 1. The van der Waals surface area contributed by atoms with Gasteiger partial charge in [-0.25, -0.2) is 4.79 Å². The van der Waals surface area contributed by atoms with Gasteiger partial charge in [-0.3, -0.25) is 0 Å². The minimum Gasteiger partial charge on any atom is -0.467 e. The predicted octanol–water partition coefficient (Wildman–Crippen LogP) is 2.78. The standard InChI is InChI=1S/C16H19NO2/c1-11-10-15(13-7-4-3-6-12(11)13)17-9-5-8-14(17)16(18)19-2/h3-4,6-7,10-11,14H,5,8-9H2,1-2H3/t11-,14?/m0/s1. The molecule has 2 atom stereocenters. The van der Waals surface area contributed by atoms with Gasteiger partial charge in [0.05, 0.1) is 7.11 Å². The van der Waals surface area contributed by atoms with E-state index in [-0.39, 0.29) is 12.0 Å². The van der Waals surface area contributed by atoms with Crippen molar-refractivity contribution in [3.05, 3.63) is 41.5 Å². The van der Waals surface area contributed by atoms with Crippen molar-refractivity contribution in [2.24, 2.45) is 0 Å². The van der Waals surface area contributed by atoms with Crippen LogP contribution in [0.5, 0.6) is 0 Å². The molecule has 0 spiro atoms. The van der Waals surface area contributed by atoms with Gasteiger partial charge in [-0.1, -0.05) is 37.3 Å². The first-order valence-electron chi connectivity index (χ1n) is 6.88. The van der Waals surface area contributed by atoms with E-state index >= 15 is 0 Å². The molecule has 1 unspecified atom stereocenters. The number of fused-ring (bicyclic) bond motifs is 1. The zero-order valence-electron chi connectivity index (χ0n) is 11.4. The summed E-state index contributed by atoms with van der Waals surface area (Å²) in [5.74, 6) is 0.306. The van der Waals surface area contributed by atoms with Gasteiger partial charge in [-0.05, 0) is 18.4 Å². The molecule has 3 heteroatoms. The molecule has 3 nitrogen and oxygen atoms in total. The molecule has 19 heavy (non-hydrogen) atoms. The van der Waals surface area contributed by atoms with E-state index in [4.69, 9.17) is 4.74 Å². The molecular formula is C16H19NO2. The number of methoxy groups -OCH3 is 1. The van der Waals surface area contributed by atoms with Gasteiger partial charge in [0.25, 0.3) is 0 Å². The Kier molecular flexibility index (Phi) is 3.05. The average Bonchev–Trinajstić information content (AvgIpc) is 3.03. The van der Waals surface area contributed by atoms with Crippen LogP contribution in [0.4, 0.5) is 0 Å². The number of hydrogen-bond acceptors (Lipinski definition) is 3. The van der Waals surface area contributed by atoms with Gasteiger partial charge in [0.2, 0.25) is 0 Å². The van der Waals surface area contributed by atoms with Gasteiger partial charge < -0.3 is 9.64 Å². The summed E-state index contributed by atoms with van der Waals surface area (Å²) in [6, 6.07) is 8.35. The first-order chi connectivity index (χ1) is 9.22. The SMILES string of the molecule is COC(=O)C1CCCN1C1=C[C@H](C)c2ccccc21. The molecule has 2 aliphatic rings. The van der Waals surface area contributed by atoms with Gasteiger partial charge in [0.1, 0.15) is 6.04 Å². The van der Waals surface area contributed by atoms with Crippen molar-refractivity contribution in [3.63, 3.8) is 0 Å². The molecule has 1 aliphatic carbocycles. The number of ether oxygens (including phenoxy) is 1. The number of hydrogen-bond donors (Lipinski definition) is 0. The van der Waals surface area contributed by atoms with E-state index in [0.29, 0.717) is 5.92 Å². The Labute approximate surface area is 113 Å². The summed E-state index contributed by atoms with van der Waals surface area (Å²) >= 11 is 0. The number of benzene rings is 1. The summed E-state index contributed by atoms with van der Waals surface area (Å²) in [6.07, 6.45) is 4.21. The second kappa shape index (κ2) is 4.72. The van der Waals surface area contributed by atoms with Crippen LogP contribution in [0.2, 0.25) is 0 Å². The molecule has 0 bridgehead atoms. The minimum absolute atomic E-state index is 0.115. The fourth-order valence-electron chi connectivity index (χ4n) is 3.23. The summed E-state index contributed by atoms with van der Waals surface area (Å²) in [6.45, 7) is 3.14. The molecule has 1 saturated heterocycles. The average molecular weight is 257 g/mol. The molecular weight excluding hydrogens is 238 g/mol. The van der Waals surface area contributed by atoms with E-state index in [1.807, 2.05) is 0 Å². The molecule has 0 N–H and O–H groups in total. The molecule has 0 amide bonds. The highest BCUT2D eigenvalue weighted by Crippen LogP contribution is 2.40. The lowest BCUT2D eigenvalue weighted by atomic mass is 10.0. The molecule has 0 radical (unpaired) electrons. The van der Waals surface area contributed by atoms with Crippen molar-refractivity contribution < 1.29 is 9.53 Å². The third-order valence-corrected chi connectivity index (χ3v) is 4.17. The second-order valence-corrected chi connectivity index (χ2v) is 5.30. The van der Waals surface area contributed by atoms with Crippen molar-refractivity contribution in [2.75, 3.05) is 13.7 Å². The summed E-state index contributed by atoms with van der Waals surface area (Å²) in [5, 5.41) is 0. The van der Waals surface area contributed by atoms with Crippen LogP contribution in [0.3, 0.4) is 0 Å². The van der Waals surface area contributed by atoms with Crippen LogP contribution in [-0.2, 0) is 9.53 Å². The van der Waals surface area contributed by atoms with Gasteiger partial charge in [0, 0.05) is 23.7 Å². The highest BCUT2D eigenvalue weighted by molar-refractivity contribution is 5.81. The third kappa shape index (κ3) is 1.93. The summed E-state index contributed by atoms with van der Waals surface area (Å²) in [7, 11) is 1.47. The first-order valence-corrected chi connectivity index (χ1v) is 6.88. The molecule has 100 valence electrons. The molecule has 0 aromatic heterocycles. The molecule has 3 rings (SSSR count). The predicted molar refractivity (Wildman–Crippen MR) is 74.6 cm³/mol. The van der Waals surface area contributed by atoms with Crippen molar-refractivity contribution >= 4 is 11.7 Å². The normalized spacial score (nSPS) is 25.2. The third-order valence-electron chi connectivity index (χ3n) is 4.17. The Hall–Kier alpha value is -1.77.